The van der Waals surface area contributed by atoms with Crippen molar-refractivity contribution in [2.45, 2.75) is 0 Å². The SMILES string of the molecule is [O]=[Co].[O]=[Co].[O]=[Co][O][Co]=[O].[O]=[Co][O][Co]=[O].[O]=[Sm][O][Sm]=[O].[O]=[Sr]. The Bertz CT molecular complexity index is 184. The Morgan fingerprint density at radius 1 is 0.667 bits per heavy atom. The molecule has 0 aliphatic rings. The molecule has 0 aliphatic carbocycles. The summed E-state index contributed by atoms with van der Waals surface area (Å²) >= 11 is -1.09. The fourth-order valence-corrected chi connectivity index (χ4v) is 0.881. The maximum atomic E-state index is 9.32. The summed E-state index contributed by atoms with van der Waals surface area (Å²) in [6, 6.07) is 0. The van der Waals surface area contributed by atoms with Crippen molar-refractivity contribution in [1.29, 1.82) is 0 Å². The van der Waals surface area contributed by atoms with E-state index in [1.807, 2.05) is 0 Å². The van der Waals surface area contributed by atoms with Gasteiger partial charge in [-0.05, 0) is 0 Å². The average molecular weight is 934 g/mol. The van der Waals surface area contributed by atoms with Crippen LogP contribution in [0, 0.1) is 74.0 Å². The van der Waals surface area contributed by atoms with E-state index in [1.165, 1.54) is 0 Å². The minimum atomic E-state index is -1.76. The number of rotatable bonds is 6. The third-order valence-corrected chi connectivity index (χ3v) is 4.31. The molecule has 12 nitrogen and oxygen atoms in total. The summed E-state index contributed by atoms with van der Waals surface area (Å²) in [6.07, 6.45) is 0. The molecule has 0 amide bonds. The average Bonchev–Trinajstić information content (AvgIpc) is 2.57. The van der Waals surface area contributed by atoms with Crippen LogP contribution in [0.3, 0.4) is 0 Å². The first kappa shape index (κ1) is 40.8. The molecule has 0 rings (SSSR count). The molecule has 0 aromatic rings. The summed E-state index contributed by atoms with van der Waals surface area (Å²) in [4.78, 5) is 0. The van der Waals surface area contributed by atoms with Crippen molar-refractivity contribution in [3.8, 4) is 0 Å². The monoisotopic (exact) mass is 937 g/mol. The maximum absolute atomic E-state index is 9.32. The molecular formula is Co6O12Sm2Sr. The van der Waals surface area contributed by atoms with Gasteiger partial charge in [-0.15, -0.1) is 0 Å². The van der Waals surface area contributed by atoms with Crippen LogP contribution in [0.1, 0.15) is 0 Å². The first-order chi connectivity index (χ1) is 10.2. The Labute approximate surface area is 231 Å². The van der Waals surface area contributed by atoms with Gasteiger partial charge in [0.25, 0.3) is 0 Å². The summed E-state index contributed by atoms with van der Waals surface area (Å²) < 4.78 is 90.6. The quantitative estimate of drug-likeness (QED) is 0.277. The van der Waals surface area contributed by atoms with Crippen LogP contribution in [0.25, 0.3) is 0 Å². The molecule has 0 aromatic heterocycles. The molecule has 0 saturated heterocycles. The fraction of sp³-hybridized carbons (Fsp3) is 0. The summed E-state index contributed by atoms with van der Waals surface area (Å²) in [5, 5.41) is 0. The van der Waals surface area contributed by atoms with Crippen molar-refractivity contribution in [2.75, 3.05) is 0 Å². The van der Waals surface area contributed by atoms with Gasteiger partial charge in [-0.2, -0.15) is 0 Å². The molecule has 0 saturated carbocycles. The zero-order chi connectivity index (χ0) is 18.4. The van der Waals surface area contributed by atoms with Crippen molar-refractivity contribution >= 4 is 43.4 Å². The summed E-state index contributed by atoms with van der Waals surface area (Å²) in [5.41, 5.74) is 0. The normalized spacial score (nSPS) is 6.86. The van der Waals surface area contributed by atoms with Gasteiger partial charge in [0.2, 0.25) is 0 Å². The molecule has 0 atom stereocenters. The number of hydrogen-bond acceptors (Lipinski definition) is 12. The van der Waals surface area contributed by atoms with Crippen molar-refractivity contribution in [2.24, 2.45) is 0 Å². The second-order valence-corrected chi connectivity index (χ2v) is 7.21. The Kier molecular flexibility index (Phi) is 142. The third kappa shape index (κ3) is 108. The van der Waals surface area contributed by atoms with Gasteiger partial charge in [0.05, 0.1) is 0 Å². The van der Waals surface area contributed by atoms with E-state index in [0.29, 0.717) is 0 Å². The molecule has 0 unspecified atom stereocenters. The third-order valence-electron chi connectivity index (χ3n) is 0.130. The van der Waals surface area contributed by atoms with Gasteiger partial charge in [0.15, 0.2) is 0 Å². The molecule has 0 heterocycles. The Balaban J connectivity index is -0.0000000340. The summed E-state index contributed by atoms with van der Waals surface area (Å²) in [7, 11) is 0. The van der Waals surface area contributed by atoms with Gasteiger partial charge >= 0.3 is 238 Å². The van der Waals surface area contributed by atoms with Crippen molar-refractivity contribution in [1.82, 2.24) is 0 Å². The molecular weight excluding hydrogens is 934 g/mol. The Morgan fingerprint density at radius 2 is 0.857 bits per heavy atom. The molecule has 0 radical (unpaired) electrons. The van der Waals surface area contributed by atoms with Crippen LogP contribution in [-0.2, 0) is 120 Å². The van der Waals surface area contributed by atoms with Crippen LogP contribution in [0.2, 0.25) is 0 Å². The summed E-state index contributed by atoms with van der Waals surface area (Å²) in [5.74, 6) is 0. The van der Waals surface area contributed by atoms with Crippen LogP contribution >= 0.6 is 0 Å². The van der Waals surface area contributed by atoms with E-state index >= 15 is 0 Å². The molecule has 0 aromatic carbocycles. The summed E-state index contributed by atoms with van der Waals surface area (Å²) in [6.45, 7) is 0. The van der Waals surface area contributed by atoms with E-state index in [0.717, 1.165) is 0 Å². The van der Waals surface area contributed by atoms with E-state index in [9.17, 15) is 2.21 Å². The topological polar surface area (TPSA) is 181 Å². The Hall–Kier alpha value is 5.27. The first-order valence-corrected chi connectivity index (χ1v) is 12.3. The predicted octanol–water partition coefficient (Wildman–Crippen LogP) is -1.67. The number of hydrogen-bond donors (Lipinski definition) is 0. The Morgan fingerprint density at radius 3 is 0.857 bits per heavy atom. The second kappa shape index (κ2) is 73.1. The molecule has 140 valence electrons. The van der Waals surface area contributed by atoms with Crippen LogP contribution in [0.5, 0.6) is 0 Å². The van der Waals surface area contributed by atoms with E-state index in [2.05, 4.69) is 34.8 Å². The van der Waals surface area contributed by atoms with E-state index in [1.54, 1.807) is 0 Å². The van der Waals surface area contributed by atoms with Gasteiger partial charge in [0.1, 0.15) is 0 Å². The molecule has 0 spiro atoms. The van der Waals surface area contributed by atoms with Crippen LogP contribution in [0.15, 0.2) is 0 Å². The van der Waals surface area contributed by atoms with E-state index < -0.39 is 134 Å². The van der Waals surface area contributed by atoms with Gasteiger partial charge in [0, 0.05) is 0 Å². The first-order valence-electron chi connectivity index (χ1n) is 2.32. The molecule has 0 N–H and O–H groups in total. The van der Waals surface area contributed by atoms with Gasteiger partial charge in [-0.1, -0.05) is 0 Å². The molecule has 0 aliphatic heterocycles. The predicted molar refractivity (Wildman–Crippen MR) is 15.2 cm³/mol. The van der Waals surface area contributed by atoms with E-state index in [4.69, 9.17) is 23.7 Å². The van der Waals surface area contributed by atoms with Crippen LogP contribution in [-0.4, -0.2) is 43.4 Å². The van der Waals surface area contributed by atoms with Gasteiger partial charge < -0.3 is 0 Å². The van der Waals surface area contributed by atoms with Gasteiger partial charge in [-0.3, -0.25) is 0 Å². The van der Waals surface area contributed by atoms with E-state index in [-0.39, 0.29) is 43.4 Å². The fourth-order valence-electron chi connectivity index (χ4n) is 0.0265. The van der Waals surface area contributed by atoms with Gasteiger partial charge in [-0.25, -0.2) is 0 Å². The zero-order valence-electron chi connectivity index (χ0n) is 8.42. The second-order valence-electron chi connectivity index (χ2n) is 0.517. The van der Waals surface area contributed by atoms with Crippen molar-refractivity contribution < 1.29 is 194 Å². The standard InChI is InChI=1S/6Co.12O.2Sm.Sr. The minimum absolute atomic E-state index is 0.1000. The molecule has 0 bridgehead atoms. The zero-order valence-corrected chi connectivity index (χ0v) is 23.4. The molecule has 21 heavy (non-hydrogen) atoms. The molecule has 21 heteroatoms. The molecule has 0 fully saturated rings. The van der Waals surface area contributed by atoms with Crippen LogP contribution < -0.4 is 0 Å². The van der Waals surface area contributed by atoms with Crippen molar-refractivity contribution in [3.63, 3.8) is 0 Å². The van der Waals surface area contributed by atoms with Crippen molar-refractivity contribution in [3.05, 3.63) is 0 Å². The van der Waals surface area contributed by atoms with Crippen LogP contribution in [0.4, 0.5) is 0 Å².